The standard InChI is InChI=1S/C19H23F2N7O/c1-12-7-13(15(23)10-28(24)11-19(2,29)4-5-22)9-14(8-12)26-18-25-6-3-16(27-18)17(20)21/h3,6-10,17,29H,4,11,23-24H2,1-2H3,(H,25,26,27)/b15-10-. The van der Waals surface area contributed by atoms with E-state index in [0.717, 1.165) is 11.6 Å². The Balaban J connectivity index is 2.21. The van der Waals surface area contributed by atoms with Crippen molar-refractivity contribution in [3.63, 3.8) is 0 Å². The lowest BCUT2D eigenvalue weighted by Crippen LogP contribution is -2.41. The lowest BCUT2D eigenvalue weighted by Gasteiger charge is -2.26. The predicted molar refractivity (Wildman–Crippen MR) is 105 cm³/mol. The smallest absolute Gasteiger partial charge is 0.280 e. The van der Waals surface area contributed by atoms with Crippen LogP contribution < -0.4 is 16.9 Å². The van der Waals surface area contributed by atoms with Gasteiger partial charge in [0.2, 0.25) is 5.95 Å². The zero-order chi connectivity index (χ0) is 21.6. The summed E-state index contributed by atoms with van der Waals surface area (Å²) in [5, 5.41) is 22.9. The van der Waals surface area contributed by atoms with Gasteiger partial charge in [-0.15, -0.1) is 0 Å². The summed E-state index contributed by atoms with van der Waals surface area (Å²) in [4.78, 5) is 7.72. The van der Waals surface area contributed by atoms with Crippen molar-refractivity contribution in [2.75, 3.05) is 11.9 Å². The molecule has 0 saturated heterocycles. The van der Waals surface area contributed by atoms with Crippen molar-refractivity contribution in [1.29, 1.82) is 5.26 Å². The Morgan fingerprint density at radius 3 is 2.83 bits per heavy atom. The van der Waals surface area contributed by atoms with Gasteiger partial charge in [-0.05, 0) is 43.7 Å². The highest BCUT2D eigenvalue weighted by Gasteiger charge is 2.22. The lowest BCUT2D eigenvalue weighted by molar-refractivity contribution is 0.0370. The molecule has 1 heterocycles. The number of nitriles is 1. The van der Waals surface area contributed by atoms with E-state index in [0.29, 0.717) is 16.9 Å². The zero-order valence-electron chi connectivity index (χ0n) is 16.1. The van der Waals surface area contributed by atoms with Crippen molar-refractivity contribution in [2.24, 2.45) is 11.6 Å². The zero-order valence-corrected chi connectivity index (χ0v) is 16.1. The third-order valence-corrected chi connectivity index (χ3v) is 3.86. The van der Waals surface area contributed by atoms with Crippen LogP contribution in [0.3, 0.4) is 0 Å². The maximum Gasteiger partial charge on any atom is 0.280 e. The molecule has 1 aromatic carbocycles. The second kappa shape index (κ2) is 9.27. The summed E-state index contributed by atoms with van der Waals surface area (Å²) in [7, 11) is 0. The van der Waals surface area contributed by atoms with Crippen LogP contribution in [0.5, 0.6) is 0 Å². The molecule has 0 spiro atoms. The molecule has 1 aromatic heterocycles. The fourth-order valence-corrected chi connectivity index (χ4v) is 2.62. The summed E-state index contributed by atoms with van der Waals surface area (Å²) in [6.07, 6.45) is -0.0801. The molecular formula is C19H23F2N7O. The van der Waals surface area contributed by atoms with Crippen molar-refractivity contribution in [2.45, 2.75) is 32.3 Å². The molecule has 2 rings (SSSR count). The fourth-order valence-electron chi connectivity index (χ4n) is 2.62. The van der Waals surface area contributed by atoms with E-state index in [2.05, 4.69) is 15.3 Å². The Morgan fingerprint density at radius 2 is 2.17 bits per heavy atom. The van der Waals surface area contributed by atoms with Crippen molar-refractivity contribution >= 4 is 17.3 Å². The number of nitrogens with zero attached hydrogens (tertiary/aromatic N) is 4. The minimum atomic E-state index is -2.70. The minimum absolute atomic E-state index is 0.00639. The van der Waals surface area contributed by atoms with Crippen LogP contribution in [0.4, 0.5) is 20.4 Å². The van der Waals surface area contributed by atoms with Gasteiger partial charge < -0.3 is 21.2 Å². The minimum Gasteiger partial charge on any atom is -0.397 e. The van der Waals surface area contributed by atoms with Crippen molar-refractivity contribution < 1.29 is 13.9 Å². The number of aliphatic hydroxyl groups is 1. The van der Waals surface area contributed by atoms with Gasteiger partial charge in [-0.25, -0.2) is 24.6 Å². The molecule has 0 amide bonds. The first-order valence-corrected chi connectivity index (χ1v) is 8.68. The fraction of sp³-hybridized carbons (Fsp3) is 0.316. The Hall–Kier alpha value is -3.29. The Labute approximate surface area is 167 Å². The molecule has 0 radical (unpaired) electrons. The molecule has 0 aliphatic heterocycles. The number of hydrazine groups is 1. The third kappa shape index (κ3) is 6.67. The number of halogens is 2. The summed E-state index contributed by atoms with van der Waals surface area (Å²) in [6, 6.07) is 8.34. The summed E-state index contributed by atoms with van der Waals surface area (Å²) in [6.45, 7) is 3.35. The highest BCUT2D eigenvalue weighted by Crippen LogP contribution is 2.23. The van der Waals surface area contributed by atoms with Crippen LogP contribution in [0.15, 0.2) is 36.7 Å². The first-order chi connectivity index (χ1) is 13.6. The van der Waals surface area contributed by atoms with Gasteiger partial charge in [-0.3, -0.25) is 0 Å². The summed E-state index contributed by atoms with van der Waals surface area (Å²) < 4.78 is 25.6. The number of anilines is 2. The molecular weight excluding hydrogens is 380 g/mol. The quantitative estimate of drug-likeness (QED) is 0.390. The Kier molecular flexibility index (Phi) is 7.03. The topological polar surface area (TPSA) is 137 Å². The molecule has 0 saturated carbocycles. The molecule has 1 unspecified atom stereocenters. The normalized spacial score (nSPS) is 13.7. The van der Waals surface area contributed by atoms with E-state index in [1.165, 1.54) is 24.3 Å². The van der Waals surface area contributed by atoms with Crippen LogP contribution in [0.25, 0.3) is 5.70 Å². The van der Waals surface area contributed by atoms with E-state index < -0.39 is 12.0 Å². The van der Waals surface area contributed by atoms with E-state index in [1.54, 1.807) is 12.1 Å². The maximum atomic E-state index is 12.8. The van der Waals surface area contributed by atoms with Gasteiger partial charge in [0.25, 0.3) is 6.43 Å². The lowest BCUT2D eigenvalue weighted by atomic mass is 10.0. The monoisotopic (exact) mass is 403 g/mol. The van der Waals surface area contributed by atoms with Gasteiger partial charge >= 0.3 is 0 Å². The molecule has 1 atom stereocenters. The molecule has 0 aliphatic carbocycles. The summed E-state index contributed by atoms with van der Waals surface area (Å²) >= 11 is 0. The van der Waals surface area contributed by atoms with Crippen molar-refractivity contribution in [1.82, 2.24) is 15.0 Å². The SMILES string of the molecule is Cc1cc(Nc2nccc(C(F)F)n2)cc(/C(N)=C/N(N)CC(C)(O)CC#N)c1. The molecule has 0 aliphatic rings. The van der Waals surface area contributed by atoms with Gasteiger partial charge in [-0.2, -0.15) is 5.26 Å². The number of hydrogen-bond acceptors (Lipinski definition) is 8. The number of nitrogens with two attached hydrogens (primary N) is 2. The van der Waals surface area contributed by atoms with Crippen LogP contribution in [-0.2, 0) is 0 Å². The Morgan fingerprint density at radius 1 is 1.45 bits per heavy atom. The van der Waals surface area contributed by atoms with E-state index in [9.17, 15) is 13.9 Å². The van der Waals surface area contributed by atoms with Crippen LogP contribution in [0, 0.1) is 18.3 Å². The number of aromatic nitrogens is 2. The van der Waals surface area contributed by atoms with Crippen molar-refractivity contribution in [3.8, 4) is 6.07 Å². The number of aryl methyl sites for hydroxylation is 1. The Bertz CT molecular complexity index is 925. The molecule has 8 nitrogen and oxygen atoms in total. The highest BCUT2D eigenvalue weighted by atomic mass is 19.3. The molecule has 0 fully saturated rings. The first-order valence-electron chi connectivity index (χ1n) is 8.68. The van der Waals surface area contributed by atoms with Gasteiger partial charge in [0.05, 0.1) is 30.3 Å². The van der Waals surface area contributed by atoms with E-state index in [-0.39, 0.29) is 24.6 Å². The second-order valence-corrected chi connectivity index (χ2v) is 6.91. The number of alkyl halides is 2. The molecule has 0 bridgehead atoms. The van der Waals surface area contributed by atoms with Gasteiger partial charge in [0.15, 0.2) is 0 Å². The molecule has 154 valence electrons. The average Bonchev–Trinajstić information content (AvgIpc) is 2.60. The van der Waals surface area contributed by atoms with Crippen LogP contribution in [-0.4, -0.2) is 32.2 Å². The second-order valence-electron chi connectivity index (χ2n) is 6.91. The first kappa shape index (κ1) is 22.0. The molecule has 10 heteroatoms. The van der Waals surface area contributed by atoms with Crippen molar-refractivity contribution in [3.05, 3.63) is 53.5 Å². The predicted octanol–water partition coefficient (Wildman–Crippen LogP) is 2.56. The summed E-state index contributed by atoms with van der Waals surface area (Å²) in [5.74, 6) is 5.91. The number of rotatable bonds is 8. The van der Waals surface area contributed by atoms with E-state index in [1.807, 2.05) is 19.1 Å². The number of hydrogen-bond donors (Lipinski definition) is 4. The molecule has 6 N–H and O–H groups in total. The molecule has 29 heavy (non-hydrogen) atoms. The average molecular weight is 403 g/mol. The van der Waals surface area contributed by atoms with Crippen LogP contribution in [0.1, 0.15) is 36.6 Å². The highest BCUT2D eigenvalue weighted by molar-refractivity contribution is 5.68. The van der Waals surface area contributed by atoms with Crippen LogP contribution in [0.2, 0.25) is 0 Å². The summed E-state index contributed by atoms with van der Waals surface area (Å²) in [5.41, 5.74) is 6.80. The van der Waals surface area contributed by atoms with Gasteiger partial charge in [0, 0.05) is 23.6 Å². The van der Waals surface area contributed by atoms with E-state index in [4.69, 9.17) is 16.8 Å². The maximum absolute atomic E-state index is 12.8. The van der Waals surface area contributed by atoms with Gasteiger partial charge in [-0.1, -0.05) is 0 Å². The number of benzene rings is 1. The van der Waals surface area contributed by atoms with Gasteiger partial charge in [0.1, 0.15) is 5.69 Å². The molecule has 2 aromatic rings. The number of nitrogens with one attached hydrogen (secondary N) is 1. The third-order valence-electron chi connectivity index (χ3n) is 3.86. The van der Waals surface area contributed by atoms with Crippen LogP contribution >= 0.6 is 0 Å². The largest absolute Gasteiger partial charge is 0.397 e. The van der Waals surface area contributed by atoms with E-state index >= 15 is 0 Å².